The Hall–Kier alpha value is -4.89. The zero-order valence-corrected chi connectivity index (χ0v) is 36.6. The van der Waals surface area contributed by atoms with Crippen LogP contribution in [0.2, 0.25) is 0 Å². The van der Waals surface area contributed by atoms with Crippen molar-refractivity contribution in [2.75, 3.05) is 13.1 Å². The van der Waals surface area contributed by atoms with Crippen LogP contribution in [0, 0.1) is 17.8 Å². The van der Waals surface area contributed by atoms with Crippen molar-refractivity contribution in [2.24, 2.45) is 35.0 Å². The van der Waals surface area contributed by atoms with Crippen LogP contribution in [0.3, 0.4) is 0 Å². The van der Waals surface area contributed by atoms with E-state index in [1.165, 1.54) is 0 Å². The summed E-state index contributed by atoms with van der Waals surface area (Å²) in [5.41, 5.74) is 17.2. The lowest BCUT2D eigenvalue weighted by Gasteiger charge is -2.28. The molecule has 0 aliphatic carbocycles. The number of aliphatic carboxylic acids is 3. The Morgan fingerprint density at radius 2 is 0.705 bits per heavy atom. The molecule has 0 rings (SSSR count). The highest BCUT2D eigenvalue weighted by Gasteiger charge is 2.34. The largest absolute Gasteiger partial charge is 0.481 e. The third kappa shape index (κ3) is 24.8. The predicted molar refractivity (Wildman–Crippen MR) is 225 cm³/mol. The van der Waals surface area contributed by atoms with Gasteiger partial charge in [-0.2, -0.15) is 0 Å². The van der Waals surface area contributed by atoms with Gasteiger partial charge in [-0.05, 0) is 95.1 Å². The molecule has 7 atom stereocenters. The number of nitrogens with one attached hydrogen (secondary N) is 6. The van der Waals surface area contributed by atoms with E-state index in [0.717, 1.165) is 0 Å². The number of nitrogens with two attached hydrogens (primary N) is 3. The minimum absolute atomic E-state index is 0.00632. The smallest absolute Gasteiger partial charge is 0.326 e. The van der Waals surface area contributed by atoms with Crippen molar-refractivity contribution in [2.45, 2.75) is 167 Å². The van der Waals surface area contributed by atoms with Gasteiger partial charge in [-0.25, -0.2) is 4.79 Å². The fraction of sp³-hybridized carbons (Fsp3) is 0.775. The van der Waals surface area contributed by atoms with Crippen LogP contribution in [0.25, 0.3) is 0 Å². The van der Waals surface area contributed by atoms with E-state index in [4.69, 9.17) is 17.2 Å². The van der Waals surface area contributed by atoms with E-state index in [1.54, 1.807) is 41.5 Å². The SMILES string of the molecule is CC(C)C[C@H](NC(=O)[C@H](CC(C)C)NC(=O)[C@H](CCCCN)NC(=O)[C@H](CCC(=O)O)NC(=O)[C@H](CC(C)C)NC(=O)[C@H](CCC(=O)O)NC(=O)[C@@H](N)CCCCN)C(=O)O. The number of unbranched alkanes of at least 4 members (excludes halogenated alkanes) is 2. The minimum Gasteiger partial charge on any atom is -0.481 e. The van der Waals surface area contributed by atoms with E-state index in [2.05, 4.69) is 31.9 Å². The van der Waals surface area contributed by atoms with Crippen molar-refractivity contribution in [3.63, 3.8) is 0 Å². The van der Waals surface area contributed by atoms with E-state index >= 15 is 0 Å². The molecule has 0 aromatic heterocycles. The van der Waals surface area contributed by atoms with Gasteiger partial charge in [0, 0.05) is 12.8 Å². The Balaban J connectivity index is 6.50. The lowest BCUT2D eigenvalue weighted by molar-refractivity contribution is -0.143. The third-order valence-electron chi connectivity index (χ3n) is 9.45. The maximum atomic E-state index is 13.9. The van der Waals surface area contributed by atoms with E-state index in [0.29, 0.717) is 32.2 Å². The molecule has 61 heavy (non-hydrogen) atoms. The highest BCUT2D eigenvalue weighted by Crippen LogP contribution is 2.13. The van der Waals surface area contributed by atoms with Crippen molar-refractivity contribution in [1.29, 1.82) is 0 Å². The normalized spacial score (nSPS) is 14.8. The highest BCUT2D eigenvalue weighted by atomic mass is 16.4. The van der Waals surface area contributed by atoms with Gasteiger partial charge in [0.25, 0.3) is 0 Å². The molecule has 0 radical (unpaired) electrons. The average molecular weight is 872 g/mol. The molecule has 21 nitrogen and oxygen atoms in total. The lowest BCUT2D eigenvalue weighted by Crippen LogP contribution is -2.60. The second-order valence-electron chi connectivity index (χ2n) is 16.6. The fourth-order valence-electron chi connectivity index (χ4n) is 6.21. The Morgan fingerprint density at radius 1 is 0.410 bits per heavy atom. The molecule has 0 bridgehead atoms. The molecule has 0 saturated heterocycles. The van der Waals surface area contributed by atoms with E-state index in [9.17, 15) is 58.5 Å². The molecule has 6 amide bonds. The number of hydrogen-bond donors (Lipinski definition) is 12. The molecule has 0 aliphatic rings. The van der Waals surface area contributed by atoms with Crippen molar-refractivity contribution < 1.29 is 58.5 Å². The molecule has 21 heteroatoms. The van der Waals surface area contributed by atoms with Gasteiger partial charge in [0.05, 0.1) is 6.04 Å². The summed E-state index contributed by atoms with van der Waals surface area (Å²) in [4.78, 5) is 116. The van der Waals surface area contributed by atoms with Gasteiger partial charge in [0.1, 0.15) is 36.3 Å². The number of carboxylic acid groups (broad SMARTS) is 3. The highest BCUT2D eigenvalue weighted by molar-refractivity contribution is 5.97. The molecular formula is C40H73N9O12. The van der Waals surface area contributed by atoms with Crippen molar-refractivity contribution >= 4 is 53.4 Å². The van der Waals surface area contributed by atoms with Crippen LogP contribution in [-0.4, -0.2) is 124 Å². The summed E-state index contributed by atoms with van der Waals surface area (Å²) in [6.07, 6.45) is 0.619. The van der Waals surface area contributed by atoms with Crippen LogP contribution in [0.15, 0.2) is 0 Å². The van der Waals surface area contributed by atoms with Crippen LogP contribution >= 0.6 is 0 Å². The number of hydrogen-bond acceptors (Lipinski definition) is 12. The zero-order valence-electron chi connectivity index (χ0n) is 36.6. The molecule has 15 N–H and O–H groups in total. The molecule has 0 unspecified atom stereocenters. The molecule has 0 heterocycles. The van der Waals surface area contributed by atoms with Gasteiger partial charge in [-0.3, -0.25) is 38.4 Å². The van der Waals surface area contributed by atoms with Crippen LogP contribution in [0.1, 0.15) is 125 Å². The first-order chi connectivity index (χ1) is 28.5. The maximum Gasteiger partial charge on any atom is 0.326 e. The second-order valence-corrected chi connectivity index (χ2v) is 16.6. The zero-order chi connectivity index (χ0) is 46.8. The molecule has 0 aromatic carbocycles. The quantitative estimate of drug-likeness (QED) is 0.0368. The number of carboxylic acids is 3. The summed E-state index contributed by atoms with van der Waals surface area (Å²) in [5.74, 6) is -9.19. The number of rotatable bonds is 33. The van der Waals surface area contributed by atoms with Crippen LogP contribution in [0.5, 0.6) is 0 Å². The number of carbonyl (C=O) groups excluding carboxylic acids is 6. The maximum absolute atomic E-state index is 13.9. The Morgan fingerprint density at radius 3 is 1.05 bits per heavy atom. The summed E-state index contributed by atoms with van der Waals surface area (Å²) < 4.78 is 0. The molecule has 0 spiro atoms. The van der Waals surface area contributed by atoms with E-state index in [-0.39, 0.29) is 62.8 Å². The molecular weight excluding hydrogens is 798 g/mol. The van der Waals surface area contributed by atoms with Crippen LogP contribution in [0.4, 0.5) is 0 Å². The molecule has 0 fully saturated rings. The summed E-state index contributed by atoms with van der Waals surface area (Å²) in [5, 5.41) is 43.7. The molecule has 0 saturated carbocycles. The third-order valence-corrected chi connectivity index (χ3v) is 9.45. The van der Waals surface area contributed by atoms with Gasteiger partial charge in [0.2, 0.25) is 35.4 Å². The van der Waals surface area contributed by atoms with Gasteiger partial charge >= 0.3 is 17.9 Å². The van der Waals surface area contributed by atoms with Crippen molar-refractivity contribution in [3.05, 3.63) is 0 Å². The Labute approximate surface area is 358 Å². The van der Waals surface area contributed by atoms with Crippen molar-refractivity contribution in [1.82, 2.24) is 31.9 Å². The lowest BCUT2D eigenvalue weighted by atomic mass is 9.99. The monoisotopic (exact) mass is 872 g/mol. The van der Waals surface area contributed by atoms with Gasteiger partial charge in [-0.1, -0.05) is 48.0 Å². The molecule has 0 aliphatic heterocycles. The summed E-state index contributed by atoms with van der Waals surface area (Å²) >= 11 is 0. The van der Waals surface area contributed by atoms with Gasteiger partial charge in [0.15, 0.2) is 0 Å². The van der Waals surface area contributed by atoms with Crippen LogP contribution < -0.4 is 49.1 Å². The predicted octanol–water partition coefficient (Wildman–Crippen LogP) is -0.567. The Kier molecular flexibility index (Phi) is 27.8. The number of amides is 6. The average Bonchev–Trinajstić information content (AvgIpc) is 3.15. The first kappa shape index (κ1) is 56.1. The van der Waals surface area contributed by atoms with E-state index in [1.807, 2.05) is 0 Å². The summed E-state index contributed by atoms with van der Waals surface area (Å²) in [7, 11) is 0. The van der Waals surface area contributed by atoms with Crippen LogP contribution in [-0.2, 0) is 43.2 Å². The summed E-state index contributed by atoms with van der Waals surface area (Å²) in [6.45, 7) is 11.3. The summed E-state index contributed by atoms with van der Waals surface area (Å²) in [6, 6.07) is -9.02. The van der Waals surface area contributed by atoms with E-state index < -0.39 is 115 Å². The minimum atomic E-state index is -1.55. The topological polar surface area (TPSA) is 365 Å². The standard InChI is InChI=1S/C40H73N9O12/c1-22(2)19-29(48-37(57)27(13-15-32(50)51)44-34(54)25(43)11-7-9-17-41)38(58)46-28(14-16-33(52)53)36(56)45-26(12-8-10-18-42)35(55)47-30(20-23(3)4)39(59)49-31(40(60)61)21-24(5)6/h22-31H,7-21,41-43H2,1-6H3,(H,44,54)(H,45,56)(H,46,58)(H,47,55)(H,48,57)(H,49,59)(H,50,51)(H,52,53)(H,60,61)/t25-,26-,27-,28-,29-,30-,31-/m0/s1. The van der Waals surface area contributed by atoms with Gasteiger partial charge < -0.3 is 64.4 Å². The molecule has 0 aromatic rings. The first-order valence-electron chi connectivity index (χ1n) is 21.2. The fourth-order valence-corrected chi connectivity index (χ4v) is 6.21. The molecule has 350 valence electrons. The Bertz CT molecular complexity index is 1450. The van der Waals surface area contributed by atoms with Crippen molar-refractivity contribution in [3.8, 4) is 0 Å². The number of carbonyl (C=O) groups is 9. The van der Waals surface area contributed by atoms with Gasteiger partial charge in [-0.15, -0.1) is 0 Å². The second kappa shape index (κ2) is 30.2. The first-order valence-corrected chi connectivity index (χ1v) is 21.2.